The summed E-state index contributed by atoms with van der Waals surface area (Å²) in [6.07, 6.45) is 1.83. The zero-order valence-electron chi connectivity index (χ0n) is 12.4. The lowest BCUT2D eigenvalue weighted by atomic mass is 10.0. The highest BCUT2D eigenvalue weighted by atomic mass is 35.5. The number of nitrogens with zero attached hydrogens (tertiary/aromatic N) is 2. The summed E-state index contributed by atoms with van der Waals surface area (Å²) in [6.45, 7) is 7.25. The Morgan fingerprint density at radius 3 is 2.38 bits per heavy atom. The molecule has 0 amide bonds. The second kappa shape index (κ2) is 5.86. The van der Waals surface area contributed by atoms with Crippen molar-refractivity contribution >= 4 is 23.4 Å². The Labute approximate surface area is 130 Å². The maximum Gasteiger partial charge on any atom is 0.123 e. The average molecular weight is 305 g/mol. The van der Waals surface area contributed by atoms with Crippen LogP contribution in [0.15, 0.2) is 36.5 Å². The first kappa shape index (κ1) is 15.5. The van der Waals surface area contributed by atoms with Crippen LogP contribution in [0, 0.1) is 19.7 Å². The summed E-state index contributed by atoms with van der Waals surface area (Å²) in [5.74, 6) is -0.211. The zero-order chi connectivity index (χ0) is 14.3. The third-order valence-corrected chi connectivity index (χ3v) is 3.97. The van der Waals surface area contributed by atoms with Gasteiger partial charge in [0.2, 0.25) is 0 Å². The lowest BCUT2D eigenvalue weighted by molar-refractivity contribution is 0.628. The van der Waals surface area contributed by atoms with Gasteiger partial charge in [-0.25, -0.2) is 4.39 Å². The van der Waals surface area contributed by atoms with E-state index >= 15 is 0 Å². The van der Waals surface area contributed by atoms with Gasteiger partial charge in [-0.05, 0) is 50.1 Å². The Morgan fingerprint density at radius 2 is 1.76 bits per heavy atom. The van der Waals surface area contributed by atoms with Gasteiger partial charge in [-0.2, -0.15) is 0 Å². The van der Waals surface area contributed by atoms with E-state index in [9.17, 15) is 4.39 Å². The molecule has 0 atom stereocenters. The Kier molecular flexibility index (Phi) is 4.33. The summed E-state index contributed by atoms with van der Waals surface area (Å²) in [6, 6.07) is 8.64. The molecule has 2 nitrogen and oxygen atoms in total. The van der Waals surface area contributed by atoms with E-state index in [-0.39, 0.29) is 18.2 Å². The fourth-order valence-corrected chi connectivity index (χ4v) is 2.80. The quantitative estimate of drug-likeness (QED) is 0.658. The van der Waals surface area contributed by atoms with Gasteiger partial charge < -0.3 is 4.57 Å². The summed E-state index contributed by atoms with van der Waals surface area (Å²) < 4.78 is 15.4. The van der Waals surface area contributed by atoms with Crippen molar-refractivity contribution in [2.75, 3.05) is 0 Å². The van der Waals surface area contributed by atoms with Crippen molar-refractivity contribution in [3.63, 3.8) is 0 Å². The van der Waals surface area contributed by atoms with E-state index in [0.717, 1.165) is 28.7 Å². The number of benzene rings is 1. The van der Waals surface area contributed by atoms with Crippen molar-refractivity contribution in [2.24, 2.45) is 0 Å². The molecule has 0 spiro atoms. The number of halogens is 2. The molecule has 110 valence electrons. The van der Waals surface area contributed by atoms with Crippen LogP contribution in [0.1, 0.15) is 18.2 Å². The Bertz CT molecular complexity index is 776. The molecular weight excluding hydrogens is 287 g/mol. The van der Waals surface area contributed by atoms with Crippen LogP contribution in [-0.4, -0.2) is 9.55 Å². The molecule has 3 rings (SSSR count). The van der Waals surface area contributed by atoms with Crippen molar-refractivity contribution in [3.05, 3.63) is 53.6 Å². The van der Waals surface area contributed by atoms with E-state index < -0.39 is 0 Å². The van der Waals surface area contributed by atoms with Crippen LogP contribution in [0.2, 0.25) is 0 Å². The van der Waals surface area contributed by atoms with Gasteiger partial charge in [0.25, 0.3) is 0 Å². The predicted octanol–water partition coefficient (Wildman–Crippen LogP) is 4.90. The first-order valence-corrected chi connectivity index (χ1v) is 6.83. The van der Waals surface area contributed by atoms with Crippen molar-refractivity contribution in [3.8, 4) is 11.1 Å². The summed E-state index contributed by atoms with van der Waals surface area (Å²) in [5, 5.41) is 0. The predicted molar refractivity (Wildman–Crippen MR) is 87.5 cm³/mol. The number of pyridine rings is 1. The summed E-state index contributed by atoms with van der Waals surface area (Å²) in [5.41, 5.74) is 6.75. The van der Waals surface area contributed by atoms with Crippen LogP contribution in [0.25, 0.3) is 22.2 Å². The van der Waals surface area contributed by atoms with E-state index in [1.807, 2.05) is 24.4 Å². The smallest absolute Gasteiger partial charge is 0.123 e. The molecule has 0 saturated heterocycles. The summed E-state index contributed by atoms with van der Waals surface area (Å²) >= 11 is 0. The van der Waals surface area contributed by atoms with E-state index in [1.54, 1.807) is 0 Å². The van der Waals surface area contributed by atoms with Gasteiger partial charge in [-0.15, -0.1) is 12.4 Å². The minimum atomic E-state index is -0.211. The monoisotopic (exact) mass is 304 g/mol. The van der Waals surface area contributed by atoms with Gasteiger partial charge >= 0.3 is 0 Å². The number of aryl methyl sites for hydroxylation is 2. The van der Waals surface area contributed by atoms with Crippen molar-refractivity contribution in [1.29, 1.82) is 0 Å². The minimum absolute atomic E-state index is 0. The highest BCUT2D eigenvalue weighted by Gasteiger charge is 2.15. The third-order valence-electron chi connectivity index (χ3n) is 3.97. The topological polar surface area (TPSA) is 17.8 Å². The molecule has 3 aromatic rings. The van der Waals surface area contributed by atoms with Gasteiger partial charge in [0, 0.05) is 24.0 Å². The molecule has 0 radical (unpaired) electrons. The summed E-state index contributed by atoms with van der Waals surface area (Å²) in [7, 11) is 0. The molecule has 2 heterocycles. The van der Waals surface area contributed by atoms with Crippen LogP contribution in [0.5, 0.6) is 0 Å². The molecule has 4 heteroatoms. The van der Waals surface area contributed by atoms with Crippen molar-refractivity contribution in [2.45, 2.75) is 27.3 Å². The first-order valence-electron chi connectivity index (χ1n) is 6.83. The molecule has 21 heavy (non-hydrogen) atoms. The lowest BCUT2D eigenvalue weighted by Crippen LogP contribution is -1.98. The molecule has 0 saturated carbocycles. The average Bonchev–Trinajstić information content (AvgIpc) is 2.72. The largest absolute Gasteiger partial charge is 0.343 e. The van der Waals surface area contributed by atoms with E-state index in [0.29, 0.717) is 0 Å². The van der Waals surface area contributed by atoms with Gasteiger partial charge in [-0.1, -0.05) is 12.1 Å². The van der Waals surface area contributed by atoms with E-state index in [2.05, 4.69) is 30.3 Å². The van der Waals surface area contributed by atoms with Crippen molar-refractivity contribution in [1.82, 2.24) is 9.55 Å². The summed E-state index contributed by atoms with van der Waals surface area (Å²) in [4.78, 5) is 4.52. The molecule has 0 N–H and O–H groups in total. The van der Waals surface area contributed by atoms with E-state index in [1.165, 1.54) is 23.4 Å². The Morgan fingerprint density at radius 1 is 1.10 bits per heavy atom. The zero-order valence-corrected chi connectivity index (χ0v) is 13.2. The van der Waals surface area contributed by atoms with Gasteiger partial charge in [0.15, 0.2) is 0 Å². The first-order chi connectivity index (χ1) is 9.63. The van der Waals surface area contributed by atoms with Crippen LogP contribution in [0.3, 0.4) is 0 Å². The number of aromatic nitrogens is 2. The van der Waals surface area contributed by atoms with Crippen LogP contribution < -0.4 is 0 Å². The molecule has 0 aliphatic carbocycles. The number of fused-ring (bicyclic) bond motifs is 1. The minimum Gasteiger partial charge on any atom is -0.343 e. The normalized spacial score (nSPS) is 10.7. The standard InChI is InChI=1S/C17H17FN2.ClH/c1-4-20-12(3)11(2)16-17(20)15(9-10-19-16)13-5-7-14(18)8-6-13;/h5-10H,4H2,1-3H3;1H. The Balaban J connectivity index is 0.00000161. The molecule has 0 bridgehead atoms. The van der Waals surface area contributed by atoms with E-state index in [4.69, 9.17) is 0 Å². The second-order valence-corrected chi connectivity index (χ2v) is 5.02. The van der Waals surface area contributed by atoms with Crippen LogP contribution >= 0.6 is 12.4 Å². The lowest BCUT2D eigenvalue weighted by Gasteiger charge is -2.09. The van der Waals surface area contributed by atoms with Crippen molar-refractivity contribution < 1.29 is 4.39 Å². The number of hydrogen-bond donors (Lipinski definition) is 0. The Hall–Kier alpha value is -1.87. The second-order valence-electron chi connectivity index (χ2n) is 5.02. The van der Waals surface area contributed by atoms with Gasteiger partial charge in [-0.3, -0.25) is 4.98 Å². The molecular formula is C17H18ClFN2. The van der Waals surface area contributed by atoms with Crippen LogP contribution in [-0.2, 0) is 6.54 Å². The molecule has 2 aromatic heterocycles. The maximum atomic E-state index is 13.1. The van der Waals surface area contributed by atoms with Gasteiger partial charge in [0.1, 0.15) is 5.82 Å². The molecule has 0 aliphatic rings. The molecule has 0 unspecified atom stereocenters. The number of rotatable bonds is 2. The third kappa shape index (κ3) is 2.42. The van der Waals surface area contributed by atoms with Gasteiger partial charge in [0.05, 0.1) is 11.0 Å². The maximum absolute atomic E-state index is 13.1. The SMILES string of the molecule is CCn1c(C)c(C)c2nccc(-c3ccc(F)cc3)c21.Cl. The van der Waals surface area contributed by atoms with Crippen LogP contribution in [0.4, 0.5) is 4.39 Å². The fourth-order valence-electron chi connectivity index (χ4n) is 2.80. The highest BCUT2D eigenvalue weighted by molar-refractivity contribution is 5.94. The highest BCUT2D eigenvalue weighted by Crippen LogP contribution is 2.32. The number of hydrogen-bond acceptors (Lipinski definition) is 1. The molecule has 0 aliphatic heterocycles. The fraction of sp³-hybridized carbons (Fsp3) is 0.235. The molecule has 0 fully saturated rings. The molecule has 1 aromatic carbocycles.